The number of rotatable bonds is 14. The molecule has 0 fully saturated rings. The fourth-order valence-electron chi connectivity index (χ4n) is 2.68. The van der Waals surface area contributed by atoms with E-state index in [0.29, 0.717) is 6.42 Å². The second-order valence-corrected chi connectivity index (χ2v) is 7.88. The van der Waals surface area contributed by atoms with E-state index in [1.807, 2.05) is 0 Å². The van der Waals surface area contributed by atoms with Gasteiger partial charge < -0.3 is 37.6 Å². The zero-order chi connectivity index (χ0) is 25.2. The highest BCUT2D eigenvalue weighted by Gasteiger charge is 2.34. The molecular weight excluding hydrogens is 426 g/mol. The molecule has 0 saturated heterocycles. The van der Waals surface area contributed by atoms with E-state index in [1.54, 1.807) is 27.7 Å². The Hall–Kier alpha value is -3.22. The Morgan fingerprint density at radius 2 is 1.31 bits per heavy atom. The van der Waals surface area contributed by atoms with E-state index in [0.717, 1.165) is 0 Å². The van der Waals surface area contributed by atoms with Crippen LogP contribution in [-0.2, 0) is 28.8 Å². The van der Waals surface area contributed by atoms with Gasteiger partial charge in [-0.25, -0.2) is 4.79 Å². The number of carbonyl (C=O) groups is 6. The van der Waals surface area contributed by atoms with Gasteiger partial charge in [-0.15, -0.1) is 0 Å². The first kappa shape index (κ1) is 28.8. The molecule has 0 bridgehead atoms. The van der Waals surface area contributed by atoms with Crippen LogP contribution in [0.25, 0.3) is 0 Å². The van der Waals surface area contributed by atoms with Crippen molar-refractivity contribution < 1.29 is 39.0 Å². The number of primary amides is 1. The first-order valence-corrected chi connectivity index (χ1v) is 10.1. The Morgan fingerprint density at radius 1 is 0.812 bits per heavy atom. The van der Waals surface area contributed by atoms with Crippen LogP contribution in [0.1, 0.15) is 47.0 Å². The molecule has 32 heavy (non-hydrogen) atoms. The molecule has 0 rings (SSSR count). The molecule has 0 heterocycles. The first-order valence-electron chi connectivity index (χ1n) is 10.1. The monoisotopic (exact) mass is 459 g/mol. The molecule has 182 valence electrons. The smallest absolute Gasteiger partial charge is 0.326 e. The minimum absolute atomic E-state index is 0.395. The van der Waals surface area contributed by atoms with Gasteiger partial charge in [-0.1, -0.05) is 34.1 Å². The Kier molecular flexibility index (Phi) is 11.9. The van der Waals surface area contributed by atoms with Gasteiger partial charge in [-0.2, -0.15) is 0 Å². The van der Waals surface area contributed by atoms with Crippen LogP contribution in [0.3, 0.4) is 0 Å². The van der Waals surface area contributed by atoms with Crippen molar-refractivity contribution in [2.24, 2.45) is 23.3 Å². The van der Waals surface area contributed by atoms with E-state index in [-0.39, 0.29) is 0 Å². The number of carboxylic acid groups (broad SMARTS) is 2. The molecule has 9 N–H and O–H groups in total. The summed E-state index contributed by atoms with van der Waals surface area (Å²) in [7, 11) is 0. The Bertz CT molecular complexity index is 727. The molecule has 4 amide bonds. The summed E-state index contributed by atoms with van der Waals surface area (Å²) >= 11 is 0. The molecule has 0 aromatic rings. The van der Waals surface area contributed by atoms with Crippen LogP contribution in [0.2, 0.25) is 0 Å². The van der Waals surface area contributed by atoms with Crippen LogP contribution < -0.4 is 27.4 Å². The van der Waals surface area contributed by atoms with Crippen molar-refractivity contribution in [3.05, 3.63) is 0 Å². The second-order valence-electron chi connectivity index (χ2n) is 7.88. The highest BCUT2D eigenvalue weighted by Crippen LogP contribution is 2.11. The maximum Gasteiger partial charge on any atom is 0.326 e. The fraction of sp³-hybridized carbons (Fsp3) is 0.684. The third kappa shape index (κ3) is 9.73. The van der Waals surface area contributed by atoms with Gasteiger partial charge in [0.1, 0.15) is 18.1 Å². The third-order valence-corrected chi connectivity index (χ3v) is 4.79. The molecule has 13 heteroatoms. The van der Waals surface area contributed by atoms with Gasteiger partial charge in [0.15, 0.2) is 0 Å². The van der Waals surface area contributed by atoms with E-state index in [2.05, 4.69) is 16.0 Å². The van der Waals surface area contributed by atoms with Crippen molar-refractivity contribution in [3.8, 4) is 0 Å². The van der Waals surface area contributed by atoms with Crippen LogP contribution in [0.5, 0.6) is 0 Å². The molecule has 0 saturated carbocycles. The molecule has 0 aromatic heterocycles. The van der Waals surface area contributed by atoms with Crippen molar-refractivity contribution in [3.63, 3.8) is 0 Å². The lowest BCUT2D eigenvalue weighted by Crippen LogP contribution is -2.60. The fourth-order valence-corrected chi connectivity index (χ4v) is 2.68. The van der Waals surface area contributed by atoms with Gasteiger partial charge in [0, 0.05) is 0 Å². The summed E-state index contributed by atoms with van der Waals surface area (Å²) < 4.78 is 0. The van der Waals surface area contributed by atoms with Crippen molar-refractivity contribution >= 4 is 35.6 Å². The summed E-state index contributed by atoms with van der Waals surface area (Å²) in [6, 6.07) is -5.26. The molecular formula is C19H33N5O8. The Morgan fingerprint density at radius 3 is 1.72 bits per heavy atom. The number of nitrogens with one attached hydrogen (secondary N) is 3. The van der Waals surface area contributed by atoms with Gasteiger partial charge >= 0.3 is 11.9 Å². The minimum atomic E-state index is -1.57. The zero-order valence-corrected chi connectivity index (χ0v) is 18.6. The topological polar surface area (TPSA) is 231 Å². The lowest BCUT2D eigenvalue weighted by Gasteiger charge is -2.29. The first-order chi connectivity index (χ1) is 14.7. The minimum Gasteiger partial charge on any atom is -0.481 e. The summed E-state index contributed by atoms with van der Waals surface area (Å²) in [4.78, 5) is 70.8. The predicted molar refractivity (Wildman–Crippen MR) is 112 cm³/mol. The molecule has 0 aliphatic heterocycles. The summed E-state index contributed by atoms with van der Waals surface area (Å²) in [5.41, 5.74) is 10.5. The normalized spacial score (nSPS) is 15.6. The van der Waals surface area contributed by atoms with Crippen LogP contribution in [-0.4, -0.2) is 69.9 Å². The largest absolute Gasteiger partial charge is 0.481 e. The van der Waals surface area contributed by atoms with Gasteiger partial charge in [-0.3, -0.25) is 24.0 Å². The van der Waals surface area contributed by atoms with Gasteiger partial charge in [0.2, 0.25) is 23.6 Å². The highest BCUT2D eigenvalue weighted by atomic mass is 16.4. The maximum absolute atomic E-state index is 12.9. The van der Waals surface area contributed by atoms with Crippen molar-refractivity contribution in [1.29, 1.82) is 0 Å². The number of carbonyl (C=O) groups excluding carboxylic acids is 4. The molecule has 0 aliphatic carbocycles. The van der Waals surface area contributed by atoms with Gasteiger partial charge in [0.25, 0.3) is 0 Å². The second kappa shape index (κ2) is 13.2. The van der Waals surface area contributed by atoms with Crippen molar-refractivity contribution in [1.82, 2.24) is 16.0 Å². The average Bonchev–Trinajstić information content (AvgIpc) is 2.67. The van der Waals surface area contributed by atoms with Gasteiger partial charge in [0.05, 0.1) is 18.9 Å². The summed E-state index contributed by atoms with van der Waals surface area (Å²) in [5, 5.41) is 25.0. The molecule has 0 aliphatic rings. The zero-order valence-electron chi connectivity index (χ0n) is 18.6. The molecule has 0 spiro atoms. The third-order valence-electron chi connectivity index (χ3n) is 4.79. The van der Waals surface area contributed by atoms with E-state index in [1.165, 1.54) is 0 Å². The number of hydrogen-bond donors (Lipinski definition) is 7. The van der Waals surface area contributed by atoms with Crippen LogP contribution >= 0.6 is 0 Å². The standard InChI is InChI=1S/C19H33N5O8/c1-5-9(4)15(24-16(28)10(20)6-13(26)27)18(30)23-14(8(2)3)17(29)22-11(19(31)32)7-12(21)25/h8-11,14-15H,5-7,20H2,1-4H3,(H2,21,25)(H,22,29)(H,23,30)(H,24,28)(H,26,27)(H,31,32). The number of aliphatic carboxylic acids is 2. The summed E-state index contributed by atoms with van der Waals surface area (Å²) in [6.45, 7) is 6.65. The average molecular weight is 460 g/mol. The molecule has 0 aromatic carbocycles. The molecule has 5 atom stereocenters. The van der Waals surface area contributed by atoms with Crippen molar-refractivity contribution in [2.45, 2.75) is 71.1 Å². The Balaban J connectivity index is 5.51. The molecule has 0 radical (unpaired) electrons. The number of carboxylic acids is 2. The molecule has 5 unspecified atom stereocenters. The summed E-state index contributed by atoms with van der Waals surface area (Å²) in [6.07, 6.45) is -0.800. The van der Waals surface area contributed by atoms with E-state index in [9.17, 15) is 28.8 Å². The van der Waals surface area contributed by atoms with Crippen LogP contribution in [0, 0.1) is 11.8 Å². The number of hydrogen-bond acceptors (Lipinski definition) is 7. The van der Waals surface area contributed by atoms with E-state index < -0.39 is 84.4 Å². The summed E-state index contributed by atoms with van der Waals surface area (Å²) in [5.74, 6) is -6.98. The van der Waals surface area contributed by atoms with Gasteiger partial charge in [-0.05, 0) is 11.8 Å². The Labute approximate surface area is 185 Å². The number of amides is 4. The molecule has 13 nitrogen and oxygen atoms in total. The number of nitrogens with two attached hydrogens (primary N) is 2. The maximum atomic E-state index is 12.9. The SMILES string of the molecule is CCC(C)C(NC(=O)C(N)CC(=O)O)C(=O)NC(C(=O)NC(CC(N)=O)C(=O)O)C(C)C. The van der Waals surface area contributed by atoms with Crippen LogP contribution in [0.4, 0.5) is 0 Å². The van der Waals surface area contributed by atoms with E-state index >= 15 is 0 Å². The van der Waals surface area contributed by atoms with E-state index in [4.69, 9.17) is 21.7 Å². The highest BCUT2D eigenvalue weighted by molar-refractivity contribution is 5.95. The quantitative estimate of drug-likeness (QED) is 0.151. The van der Waals surface area contributed by atoms with Crippen LogP contribution in [0.15, 0.2) is 0 Å². The lowest BCUT2D eigenvalue weighted by molar-refractivity contribution is -0.144. The predicted octanol–water partition coefficient (Wildman–Crippen LogP) is -2.10. The van der Waals surface area contributed by atoms with Crippen molar-refractivity contribution in [2.75, 3.05) is 0 Å². The lowest BCUT2D eigenvalue weighted by atomic mass is 9.96.